The standard InChI is InChI=1S/C26H34N4O2/c1-18(31)27-23-9-7-20(8-10-23)25-11-12-26(29-28-25)32-24-13-21-16-30(17-22(21)14-24)15-19-5-3-2-4-6-19/h7-12,19,21-22,24H,2-6,13-17H2,1H3,(H,27,31)/t21-,22+,24-. The Morgan fingerprint density at radius 2 is 1.72 bits per heavy atom. The first-order valence-electron chi connectivity index (χ1n) is 12.2. The smallest absolute Gasteiger partial charge is 0.233 e. The number of aromatic nitrogens is 2. The minimum absolute atomic E-state index is 0.0768. The van der Waals surface area contributed by atoms with Gasteiger partial charge >= 0.3 is 0 Å². The Balaban J connectivity index is 1.11. The molecule has 1 aromatic heterocycles. The summed E-state index contributed by atoms with van der Waals surface area (Å²) in [4.78, 5) is 13.9. The summed E-state index contributed by atoms with van der Waals surface area (Å²) in [6.07, 6.45) is 9.72. The lowest BCUT2D eigenvalue weighted by atomic mass is 9.89. The van der Waals surface area contributed by atoms with Crippen LogP contribution in [0.3, 0.4) is 0 Å². The number of anilines is 1. The number of benzene rings is 1. The van der Waals surface area contributed by atoms with E-state index in [0.29, 0.717) is 5.88 Å². The number of amides is 1. The van der Waals surface area contributed by atoms with Gasteiger partial charge < -0.3 is 15.0 Å². The number of likely N-dealkylation sites (tertiary alicyclic amines) is 1. The highest BCUT2D eigenvalue weighted by molar-refractivity contribution is 5.88. The van der Waals surface area contributed by atoms with E-state index >= 15 is 0 Å². The Bertz CT molecular complexity index is 894. The summed E-state index contributed by atoms with van der Waals surface area (Å²) in [5.74, 6) is 3.03. The van der Waals surface area contributed by atoms with Crippen LogP contribution in [0.25, 0.3) is 11.3 Å². The van der Waals surface area contributed by atoms with Gasteiger partial charge in [-0.05, 0) is 61.6 Å². The fraction of sp³-hybridized carbons (Fsp3) is 0.577. The van der Waals surface area contributed by atoms with Crippen LogP contribution >= 0.6 is 0 Å². The lowest BCUT2D eigenvalue weighted by molar-refractivity contribution is -0.114. The fourth-order valence-electron chi connectivity index (χ4n) is 5.96. The minimum Gasteiger partial charge on any atom is -0.473 e. The second kappa shape index (κ2) is 9.57. The maximum Gasteiger partial charge on any atom is 0.233 e. The Morgan fingerprint density at radius 1 is 1.00 bits per heavy atom. The number of hydrogen-bond acceptors (Lipinski definition) is 5. The van der Waals surface area contributed by atoms with Crippen LogP contribution in [0.2, 0.25) is 0 Å². The van der Waals surface area contributed by atoms with Gasteiger partial charge in [0.25, 0.3) is 0 Å². The number of carbonyl (C=O) groups is 1. The van der Waals surface area contributed by atoms with E-state index in [0.717, 1.165) is 47.5 Å². The first-order chi connectivity index (χ1) is 15.6. The zero-order valence-corrected chi connectivity index (χ0v) is 19.0. The van der Waals surface area contributed by atoms with Gasteiger partial charge in [-0.3, -0.25) is 4.79 Å². The molecule has 0 bridgehead atoms. The van der Waals surface area contributed by atoms with Gasteiger partial charge in [0.05, 0.1) is 5.69 Å². The lowest BCUT2D eigenvalue weighted by Crippen LogP contribution is -2.30. The number of carbonyl (C=O) groups excluding carboxylic acids is 1. The molecule has 1 amide bonds. The molecule has 5 rings (SSSR count). The molecular weight excluding hydrogens is 400 g/mol. The molecule has 3 aliphatic rings. The van der Waals surface area contributed by atoms with Gasteiger partial charge in [-0.25, -0.2) is 0 Å². The molecular formula is C26H34N4O2. The van der Waals surface area contributed by atoms with Crippen molar-refractivity contribution in [3.8, 4) is 17.1 Å². The molecule has 2 aromatic rings. The quantitative estimate of drug-likeness (QED) is 0.709. The van der Waals surface area contributed by atoms with Crippen molar-refractivity contribution in [3.63, 3.8) is 0 Å². The predicted octanol–water partition coefficient (Wildman–Crippen LogP) is 4.77. The average Bonchev–Trinajstić information content (AvgIpc) is 3.33. The fourth-order valence-corrected chi connectivity index (χ4v) is 5.96. The predicted molar refractivity (Wildman–Crippen MR) is 125 cm³/mol. The van der Waals surface area contributed by atoms with Crippen LogP contribution in [0.4, 0.5) is 5.69 Å². The van der Waals surface area contributed by atoms with E-state index in [1.165, 1.54) is 58.7 Å². The van der Waals surface area contributed by atoms with Gasteiger partial charge in [0, 0.05) is 43.9 Å². The molecule has 6 heteroatoms. The molecule has 3 fully saturated rings. The van der Waals surface area contributed by atoms with Gasteiger partial charge in [0.15, 0.2) is 0 Å². The number of nitrogens with zero attached hydrogens (tertiary/aromatic N) is 3. The molecule has 2 heterocycles. The third-order valence-corrected chi connectivity index (χ3v) is 7.45. The molecule has 6 nitrogen and oxygen atoms in total. The summed E-state index contributed by atoms with van der Waals surface area (Å²) in [5, 5.41) is 11.5. The Hall–Kier alpha value is -2.47. The van der Waals surface area contributed by atoms with Crippen molar-refractivity contribution in [1.29, 1.82) is 0 Å². The van der Waals surface area contributed by atoms with Crippen LogP contribution < -0.4 is 10.1 Å². The number of hydrogen-bond donors (Lipinski definition) is 1. The van der Waals surface area contributed by atoms with Crippen LogP contribution in [-0.4, -0.2) is 46.7 Å². The summed E-state index contributed by atoms with van der Waals surface area (Å²) >= 11 is 0. The topological polar surface area (TPSA) is 67.3 Å². The van der Waals surface area contributed by atoms with Crippen LogP contribution in [0, 0.1) is 17.8 Å². The van der Waals surface area contributed by atoms with Crippen molar-refractivity contribution in [2.24, 2.45) is 17.8 Å². The molecule has 0 spiro atoms. The zero-order valence-electron chi connectivity index (χ0n) is 19.0. The first kappa shape index (κ1) is 21.4. The minimum atomic E-state index is -0.0768. The van der Waals surface area contributed by atoms with Crippen LogP contribution in [0.15, 0.2) is 36.4 Å². The molecule has 1 aromatic carbocycles. The molecule has 1 saturated heterocycles. The van der Waals surface area contributed by atoms with Gasteiger partial charge in [-0.2, -0.15) is 0 Å². The van der Waals surface area contributed by atoms with Crippen molar-refractivity contribution < 1.29 is 9.53 Å². The van der Waals surface area contributed by atoms with E-state index < -0.39 is 0 Å². The SMILES string of the molecule is CC(=O)Nc1ccc(-c2ccc(O[C@@H]3C[C@@H]4CN(CC5CCCCC5)C[C@@H]4C3)nn2)cc1. The number of rotatable bonds is 6. The van der Waals surface area contributed by atoms with Crippen molar-refractivity contribution in [2.75, 3.05) is 25.0 Å². The molecule has 2 aliphatic carbocycles. The van der Waals surface area contributed by atoms with Crippen LogP contribution in [-0.2, 0) is 4.79 Å². The van der Waals surface area contributed by atoms with Crippen LogP contribution in [0.1, 0.15) is 51.9 Å². The van der Waals surface area contributed by atoms with E-state index in [2.05, 4.69) is 20.4 Å². The second-order valence-corrected chi connectivity index (χ2v) is 9.97. The highest BCUT2D eigenvalue weighted by Gasteiger charge is 2.42. The van der Waals surface area contributed by atoms with Gasteiger partial charge in [0.1, 0.15) is 6.10 Å². The van der Waals surface area contributed by atoms with E-state index in [-0.39, 0.29) is 12.0 Å². The van der Waals surface area contributed by atoms with Crippen molar-refractivity contribution in [1.82, 2.24) is 15.1 Å². The monoisotopic (exact) mass is 434 g/mol. The van der Waals surface area contributed by atoms with Gasteiger partial charge in [-0.1, -0.05) is 31.4 Å². The third-order valence-electron chi connectivity index (χ3n) is 7.45. The number of ether oxygens (including phenoxy) is 1. The second-order valence-electron chi connectivity index (χ2n) is 9.97. The van der Waals surface area contributed by atoms with Crippen molar-refractivity contribution >= 4 is 11.6 Å². The summed E-state index contributed by atoms with van der Waals surface area (Å²) in [6, 6.07) is 11.5. The summed E-state index contributed by atoms with van der Waals surface area (Å²) in [5.41, 5.74) is 2.54. The Kier molecular flexibility index (Phi) is 6.39. The van der Waals surface area contributed by atoms with Gasteiger partial charge in [-0.15, -0.1) is 10.2 Å². The molecule has 170 valence electrons. The van der Waals surface area contributed by atoms with Crippen molar-refractivity contribution in [3.05, 3.63) is 36.4 Å². The van der Waals surface area contributed by atoms with E-state index in [4.69, 9.17) is 4.74 Å². The maximum absolute atomic E-state index is 11.2. The van der Waals surface area contributed by atoms with Gasteiger partial charge in [0.2, 0.25) is 11.8 Å². The van der Waals surface area contributed by atoms with E-state index in [1.807, 2.05) is 36.4 Å². The molecule has 3 atom stereocenters. The number of fused-ring (bicyclic) bond motifs is 1. The lowest BCUT2D eigenvalue weighted by Gasteiger charge is -2.27. The summed E-state index contributed by atoms with van der Waals surface area (Å²) in [6.45, 7) is 5.32. The largest absolute Gasteiger partial charge is 0.473 e. The van der Waals surface area contributed by atoms with E-state index in [1.54, 1.807) is 0 Å². The van der Waals surface area contributed by atoms with E-state index in [9.17, 15) is 4.79 Å². The highest BCUT2D eigenvalue weighted by Crippen LogP contribution is 2.40. The number of nitrogens with one attached hydrogen (secondary N) is 1. The average molecular weight is 435 g/mol. The molecule has 32 heavy (non-hydrogen) atoms. The molecule has 1 N–H and O–H groups in total. The normalized spacial score (nSPS) is 26.1. The Labute approximate surface area is 190 Å². The molecule has 0 radical (unpaired) electrons. The molecule has 2 saturated carbocycles. The summed E-state index contributed by atoms with van der Waals surface area (Å²) in [7, 11) is 0. The third kappa shape index (κ3) is 5.12. The maximum atomic E-state index is 11.2. The summed E-state index contributed by atoms with van der Waals surface area (Å²) < 4.78 is 6.21. The van der Waals surface area contributed by atoms with Crippen LogP contribution in [0.5, 0.6) is 5.88 Å². The zero-order chi connectivity index (χ0) is 21.9. The van der Waals surface area contributed by atoms with Crippen molar-refractivity contribution in [2.45, 2.75) is 58.0 Å². The first-order valence-corrected chi connectivity index (χ1v) is 12.2. The highest BCUT2D eigenvalue weighted by atomic mass is 16.5. The Morgan fingerprint density at radius 3 is 2.34 bits per heavy atom. The molecule has 1 aliphatic heterocycles. The molecule has 0 unspecified atom stereocenters.